The van der Waals surface area contributed by atoms with Gasteiger partial charge in [-0.2, -0.15) is 0 Å². The Kier molecular flexibility index (Phi) is 4.27. The molecule has 100 valence electrons. The van der Waals surface area contributed by atoms with E-state index in [2.05, 4.69) is 42.8 Å². The summed E-state index contributed by atoms with van der Waals surface area (Å²) in [6, 6.07) is 9.79. The Labute approximate surface area is 122 Å². The van der Waals surface area contributed by atoms with Crippen molar-refractivity contribution in [3.05, 3.63) is 57.1 Å². The summed E-state index contributed by atoms with van der Waals surface area (Å²) >= 11 is 3.43. The van der Waals surface area contributed by atoms with Crippen LogP contribution in [0.1, 0.15) is 22.3 Å². The van der Waals surface area contributed by atoms with Gasteiger partial charge in [0, 0.05) is 4.47 Å². The second kappa shape index (κ2) is 5.76. The van der Waals surface area contributed by atoms with Gasteiger partial charge in [0.1, 0.15) is 11.5 Å². The van der Waals surface area contributed by atoms with E-state index in [0.29, 0.717) is 0 Å². The Morgan fingerprint density at radius 3 is 2.47 bits per heavy atom. The molecule has 2 rings (SSSR count). The fourth-order valence-electron chi connectivity index (χ4n) is 1.95. The maximum Gasteiger partial charge on any atom is 0.130 e. The van der Waals surface area contributed by atoms with Crippen molar-refractivity contribution in [2.24, 2.45) is 0 Å². The largest absolute Gasteiger partial charge is 0.457 e. The lowest BCUT2D eigenvalue weighted by Gasteiger charge is -2.13. The first kappa shape index (κ1) is 14.1. The second-order valence-corrected chi connectivity index (χ2v) is 5.57. The number of hydrogen-bond acceptors (Lipinski definition) is 2. The second-order valence-electron chi connectivity index (χ2n) is 4.72. The van der Waals surface area contributed by atoms with Crippen LogP contribution in [0.2, 0.25) is 0 Å². The zero-order valence-corrected chi connectivity index (χ0v) is 12.9. The summed E-state index contributed by atoms with van der Waals surface area (Å²) in [5, 5.41) is 9.15. The Morgan fingerprint density at radius 1 is 1.11 bits per heavy atom. The van der Waals surface area contributed by atoms with Crippen LogP contribution in [-0.4, -0.2) is 5.11 Å². The highest BCUT2D eigenvalue weighted by molar-refractivity contribution is 9.10. The first-order chi connectivity index (χ1) is 9.01. The lowest BCUT2D eigenvalue weighted by Crippen LogP contribution is -1.93. The van der Waals surface area contributed by atoms with Crippen molar-refractivity contribution in [2.75, 3.05) is 0 Å². The highest BCUT2D eigenvalue weighted by Crippen LogP contribution is 2.31. The molecule has 0 spiro atoms. The third-order valence-corrected chi connectivity index (χ3v) is 3.92. The third-order valence-electron chi connectivity index (χ3n) is 3.19. The van der Waals surface area contributed by atoms with Gasteiger partial charge >= 0.3 is 0 Å². The molecule has 0 amide bonds. The van der Waals surface area contributed by atoms with E-state index >= 15 is 0 Å². The van der Waals surface area contributed by atoms with Crippen LogP contribution in [0.25, 0.3) is 0 Å². The molecule has 0 radical (unpaired) electrons. The van der Waals surface area contributed by atoms with Crippen LogP contribution >= 0.6 is 15.9 Å². The van der Waals surface area contributed by atoms with Gasteiger partial charge < -0.3 is 9.84 Å². The normalized spacial score (nSPS) is 10.6. The first-order valence-electron chi connectivity index (χ1n) is 6.16. The topological polar surface area (TPSA) is 29.5 Å². The van der Waals surface area contributed by atoms with Gasteiger partial charge in [-0.25, -0.2) is 0 Å². The summed E-state index contributed by atoms with van der Waals surface area (Å²) in [7, 11) is 0. The Bertz CT molecular complexity index is 606. The molecule has 19 heavy (non-hydrogen) atoms. The SMILES string of the molecule is Cc1cc(C)c(C)c(Oc2ccc(CO)c(Br)c2)c1. The minimum Gasteiger partial charge on any atom is -0.457 e. The van der Waals surface area contributed by atoms with E-state index in [9.17, 15) is 0 Å². The number of hydrogen-bond donors (Lipinski definition) is 1. The smallest absolute Gasteiger partial charge is 0.130 e. The average Bonchev–Trinajstić information content (AvgIpc) is 2.35. The molecule has 0 saturated carbocycles. The predicted molar refractivity (Wildman–Crippen MR) is 80.8 cm³/mol. The monoisotopic (exact) mass is 320 g/mol. The zero-order chi connectivity index (χ0) is 14.0. The van der Waals surface area contributed by atoms with Gasteiger partial charge in [-0.05, 0) is 61.2 Å². The molecule has 0 aromatic heterocycles. The van der Waals surface area contributed by atoms with Crippen molar-refractivity contribution in [3.8, 4) is 11.5 Å². The number of aliphatic hydroxyl groups is 1. The highest BCUT2D eigenvalue weighted by Gasteiger charge is 2.07. The van der Waals surface area contributed by atoms with Crippen molar-refractivity contribution in [1.82, 2.24) is 0 Å². The van der Waals surface area contributed by atoms with E-state index < -0.39 is 0 Å². The molecule has 0 aliphatic carbocycles. The zero-order valence-electron chi connectivity index (χ0n) is 11.3. The highest BCUT2D eigenvalue weighted by atomic mass is 79.9. The molecular weight excluding hydrogens is 304 g/mol. The van der Waals surface area contributed by atoms with Gasteiger partial charge in [0.05, 0.1) is 6.61 Å². The summed E-state index contributed by atoms with van der Waals surface area (Å²) in [6.45, 7) is 6.22. The Morgan fingerprint density at radius 2 is 1.84 bits per heavy atom. The molecule has 2 nitrogen and oxygen atoms in total. The molecule has 1 N–H and O–H groups in total. The summed E-state index contributed by atoms with van der Waals surface area (Å²) in [4.78, 5) is 0. The van der Waals surface area contributed by atoms with Crippen LogP contribution in [0.4, 0.5) is 0 Å². The number of benzene rings is 2. The molecule has 0 atom stereocenters. The third kappa shape index (κ3) is 3.17. The molecule has 0 aliphatic rings. The van der Waals surface area contributed by atoms with Gasteiger partial charge in [0.15, 0.2) is 0 Å². The van der Waals surface area contributed by atoms with Crippen LogP contribution in [-0.2, 0) is 6.61 Å². The first-order valence-corrected chi connectivity index (χ1v) is 6.95. The van der Waals surface area contributed by atoms with E-state index in [1.807, 2.05) is 24.3 Å². The molecule has 0 bridgehead atoms. The van der Waals surface area contributed by atoms with E-state index in [-0.39, 0.29) is 6.61 Å². The molecular formula is C16H17BrO2. The van der Waals surface area contributed by atoms with E-state index in [0.717, 1.165) is 27.1 Å². The molecule has 0 heterocycles. The molecule has 0 saturated heterocycles. The van der Waals surface area contributed by atoms with E-state index in [1.165, 1.54) is 11.1 Å². The number of rotatable bonds is 3. The van der Waals surface area contributed by atoms with Crippen molar-refractivity contribution in [3.63, 3.8) is 0 Å². The number of aryl methyl sites for hydroxylation is 2. The maximum absolute atomic E-state index is 9.15. The van der Waals surface area contributed by atoms with Gasteiger partial charge in [-0.1, -0.05) is 28.1 Å². The standard InChI is InChI=1S/C16H17BrO2/c1-10-6-11(2)12(3)16(7-10)19-14-5-4-13(9-18)15(17)8-14/h4-8,18H,9H2,1-3H3. The molecule has 3 heteroatoms. The van der Waals surface area contributed by atoms with Crippen LogP contribution in [0.5, 0.6) is 11.5 Å². The minimum atomic E-state index is 0.0173. The van der Waals surface area contributed by atoms with Gasteiger partial charge in [-0.3, -0.25) is 0 Å². The van der Waals surface area contributed by atoms with Crippen LogP contribution in [0, 0.1) is 20.8 Å². The van der Waals surface area contributed by atoms with Crippen molar-refractivity contribution >= 4 is 15.9 Å². The van der Waals surface area contributed by atoms with Crippen molar-refractivity contribution in [1.29, 1.82) is 0 Å². The molecule has 0 unspecified atom stereocenters. The summed E-state index contributed by atoms with van der Waals surface area (Å²) in [5.41, 5.74) is 4.41. The van der Waals surface area contributed by atoms with Gasteiger partial charge in [0.25, 0.3) is 0 Å². The summed E-state index contributed by atoms with van der Waals surface area (Å²) < 4.78 is 6.80. The average molecular weight is 321 g/mol. The lowest BCUT2D eigenvalue weighted by atomic mass is 10.1. The lowest BCUT2D eigenvalue weighted by molar-refractivity contribution is 0.281. The number of aliphatic hydroxyl groups excluding tert-OH is 1. The molecule has 2 aromatic rings. The fraction of sp³-hybridized carbons (Fsp3) is 0.250. The van der Waals surface area contributed by atoms with Crippen LogP contribution < -0.4 is 4.74 Å². The molecule has 0 aliphatic heterocycles. The summed E-state index contributed by atoms with van der Waals surface area (Å²) in [6.07, 6.45) is 0. The van der Waals surface area contributed by atoms with Gasteiger partial charge in [0.2, 0.25) is 0 Å². The number of ether oxygens (including phenoxy) is 1. The molecule has 0 fully saturated rings. The quantitative estimate of drug-likeness (QED) is 0.891. The summed E-state index contributed by atoms with van der Waals surface area (Å²) in [5.74, 6) is 1.64. The van der Waals surface area contributed by atoms with Crippen LogP contribution in [0.15, 0.2) is 34.8 Å². The van der Waals surface area contributed by atoms with Crippen molar-refractivity contribution < 1.29 is 9.84 Å². The van der Waals surface area contributed by atoms with Crippen LogP contribution in [0.3, 0.4) is 0 Å². The molecule has 2 aromatic carbocycles. The fourth-order valence-corrected chi connectivity index (χ4v) is 2.44. The van der Waals surface area contributed by atoms with E-state index in [1.54, 1.807) is 0 Å². The Hall–Kier alpha value is -1.32. The maximum atomic E-state index is 9.15. The minimum absolute atomic E-state index is 0.0173. The van der Waals surface area contributed by atoms with E-state index in [4.69, 9.17) is 9.84 Å². The van der Waals surface area contributed by atoms with Gasteiger partial charge in [-0.15, -0.1) is 0 Å². The number of halogens is 1. The van der Waals surface area contributed by atoms with Crippen molar-refractivity contribution in [2.45, 2.75) is 27.4 Å². The Balaban J connectivity index is 2.33. The predicted octanol–water partition coefficient (Wildman–Crippen LogP) is 4.66.